The van der Waals surface area contributed by atoms with E-state index in [2.05, 4.69) is 94.9 Å². The van der Waals surface area contributed by atoms with Gasteiger partial charge in [-0.25, -0.2) is 8.96 Å². The average Bonchev–Trinajstić information content (AvgIpc) is 3.17. The Hall–Kier alpha value is -3.33. The Labute approximate surface area is 204 Å². The van der Waals surface area contributed by atoms with Crippen LogP contribution in [0.3, 0.4) is 0 Å². The van der Waals surface area contributed by atoms with Crippen LogP contribution in [0.15, 0.2) is 115 Å². The van der Waals surface area contributed by atoms with Gasteiger partial charge in [-0.1, -0.05) is 96.7 Å². The Kier molecular flexibility index (Phi) is 6.28. The third-order valence-corrected chi connectivity index (χ3v) is 11.0. The number of aromatic nitrogens is 2. The predicted octanol–water partition coefficient (Wildman–Crippen LogP) is 5.14. The van der Waals surface area contributed by atoms with Gasteiger partial charge >= 0.3 is 0 Å². The van der Waals surface area contributed by atoms with Gasteiger partial charge < -0.3 is 0 Å². The van der Waals surface area contributed by atoms with Crippen molar-refractivity contribution in [2.24, 2.45) is 0 Å². The zero-order chi connectivity index (χ0) is 23.5. The predicted molar refractivity (Wildman–Crippen MR) is 144 cm³/mol. The van der Waals surface area contributed by atoms with Crippen LogP contribution in [0.25, 0.3) is 11.7 Å². The summed E-state index contributed by atoms with van der Waals surface area (Å²) in [5, 5.41) is 2.35. The number of benzene rings is 3. The summed E-state index contributed by atoms with van der Waals surface area (Å²) in [4.78, 5) is 0. The summed E-state index contributed by atoms with van der Waals surface area (Å²) >= 11 is 6.65. The molecule has 34 heavy (non-hydrogen) atoms. The van der Waals surface area contributed by atoms with Crippen LogP contribution in [0.1, 0.15) is 11.3 Å². The van der Waals surface area contributed by atoms with Crippen molar-refractivity contribution in [3.05, 3.63) is 132 Å². The molecule has 0 aliphatic carbocycles. The van der Waals surface area contributed by atoms with E-state index in [0.717, 1.165) is 16.9 Å². The fourth-order valence-corrected chi connectivity index (χ4v) is 8.86. The van der Waals surface area contributed by atoms with E-state index in [4.69, 9.17) is 11.8 Å². The van der Waals surface area contributed by atoms with Crippen LogP contribution in [-0.4, -0.2) is 4.57 Å². The molecule has 5 heteroatoms. The summed E-state index contributed by atoms with van der Waals surface area (Å²) in [5.41, 5.74) is 4.40. The zero-order valence-electron chi connectivity index (χ0n) is 18.9. The van der Waals surface area contributed by atoms with E-state index < -0.39 is 6.04 Å². The minimum absolute atomic E-state index is 0.224. The second-order valence-electron chi connectivity index (χ2n) is 8.18. The number of imidazole rings is 1. The van der Waals surface area contributed by atoms with Crippen molar-refractivity contribution in [2.75, 3.05) is 0 Å². The summed E-state index contributed by atoms with van der Waals surface area (Å²) < 4.78 is 17.8. The van der Waals surface area contributed by atoms with Gasteiger partial charge in [0.25, 0.3) is 5.65 Å². The Balaban J connectivity index is 1.68. The lowest BCUT2D eigenvalue weighted by atomic mass is 10.2. The molecule has 0 aliphatic rings. The molecule has 2 aromatic heterocycles. The molecule has 0 saturated heterocycles. The van der Waals surface area contributed by atoms with Gasteiger partial charge in [0, 0.05) is 13.0 Å². The number of hydrogen-bond donors (Lipinski definition) is 0. The summed E-state index contributed by atoms with van der Waals surface area (Å²) in [5.74, 6) is -0.224. The highest BCUT2D eigenvalue weighted by atomic mass is 32.4. The minimum atomic E-state index is -2.32. The van der Waals surface area contributed by atoms with Crippen molar-refractivity contribution in [1.29, 1.82) is 0 Å². The quantitative estimate of drug-likeness (QED) is 0.240. The molecule has 0 N–H and O–H groups in total. The van der Waals surface area contributed by atoms with Crippen molar-refractivity contribution in [2.45, 2.75) is 13.5 Å². The monoisotopic (exact) mass is 483 g/mol. The van der Waals surface area contributed by atoms with Crippen LogP contribution in [0, 0.1) is 12.7 Å². The third-order valence-electron chi connectivity index (χ3n) is 6.08. The number of hydrogen-bond acceptors (Lipinski definition) is 1. The zero-order valence-corrected chi connectivity index (χ0v) is 20.6. The molecule has 0 saturated carbocycles. The maximum absolute atomic E-state index is 13.3. The van der Waals surface area contributed by atoms with Crippen LogP contribution < -0.4 is 20.4 Å². The highest BCUT2D eigenvalue weighted by Gasteiger charge is 2.36. The third kappa shape index (κ3) is 4.04. The second-order valence-corrected chi connectivity index (χ2v) is 12.5. The first-order valence-corrected chi connectivity index (χ1v) is 14.0. The molecule has 0 fully saturated rings. The maximum atomic E-state index is 13.3. The van der Waals surface area contributed by atoms with Crippen LogP contribution >= 0.6 is 6.04 Å². The SMILES string of the molecule is Cc1c(P(=S)(c2ccccc2)c2ccccc2)[n+]2ccccc2n1CC=Cc1ccc(F)cc1. The van der Waals surface area contributed by atoms with E-state index in [1.807, 2.05) is 18.2 Å². The Morgan fingerprint density at radius 2 is 1.41 bits per heavy atom. The minimum Gasteiger partial charge on any atom is -0.223 e. The summed E-state index contributed by atoms with van der Waals surface area (Å²) in [6.45, 7) is 2.86. The van der Waals surface area contributed by atoms with E-state index in [9.17, 15) is 4.39 Å². The van der Waals surface area contributed by atoms with Crippen LogP contribution in [0.5, 0.6) is 0 Å². The molecule has 0 amide bonds. The molecule has 0 radical (unpaired) electrons. The Bertz CT molecular complexity index is 1460. The molecule has 3 aromatic carbocycles. The van der Waals surface area contributed by atoms with E-state index >= 15 is 0 Å². The lowest BCUT2D eigenvalue weighted by Gasteiger charge is -2.21. The van der Waals surface area contributed by atoms with Gasteiger partial charge in [-0.15, -0.1) is 0 Å². The molecule has 168 valence electrons. The molecular weight excluding hydrogens is 458 g/mol. The Morgan fingerprint density at radius 1 is 0.824 bits per heavy atom. The standard InChI is InChI=1S/C29H25FN2PS/c1-23-29(33(34,26-12-4-2-5-13-26)27-14-6-3-7-15-27)32-21-9-8-16-28(32)31(23)22-10-11-24-17-19-25(30)20-18-24/h2-21H,22H2,1H3/q+1. The van der Waals surface area contributed by atoms with Crippen LogP contribution in [0.4, 0.5) is 4.39 Å². The number of pyridine rings is 1. The highest BCUT2D eigenvalue weighted by molar-refractivity contribution is 8.25. The van der Waals surface area contributed by atoms with Gasteiger partial charge in [0.05, 0.1) is 12.2 Å². The molecule has 0 spiro atoms. The first-order chi connectivity index (χ1) is 16.6. The molecule has 2 heterocycles. The molecule has 5 rings (SSSR count). The Morgan fingerprint density at radius 3 is 2.03 bits per heavy atom. The van der Waals surface area contributed by atoms with E-state index in [1.54, 1.807) is 12.1 Å². The number of allylic oxidation sites excluding steroid dienone is 1. The van der Waals surface area contributed by atoms with Gasteiger partial charge in [-0.3, -0.25) is 0 Å². The van der Waals surface area contributed by atoms with Crippen molar-refractivity contribution in [1.82, 2.24) is 4.57 Å². The fraction of sp³-hybridized carbons (Fsp3) is 0.0690. The first-order valence-electron chi connectivity index (χ1n) is 11.2. The fourth-order valence-electron chi connectivity index (χ4n) is 4.45. The largest absolute Gasteiger partial charge is 0.287 e. The molecule has 0 bridgehead atoms. The van der Waals surface area contributed by atoms with E-state index in [0.29, 0.717) is 6.54 Å². The lowest BCUT2D eigenvalue weighted by Crippen LogP contribution is -2.42. The summed E-state index contributed by atoms with van der Waals surface area (Å²) in [6, 6.07) is 31.5. The van der Waals surface area contributed by atoms with Gasteiger partial charge in [0.1, 0.15) is 18.1 Å². The first kappa shape index (κ1) is 22.5. The van der Waals surface area contributed by atoms with Crippen LogP contribution in [0.2, 0.25) is 0 Å². The highest BCUT2D eigenvalue weighted by Crippen LogP contribution is 2.42. The van der Waals surface area contributed by atoms with Crippen molar-refractivity contribution in [3.8, 4) is 0 Å². The normalized spacial score (nSPS) is 11.9. The summed E-state index contributed by atoms with van der Waals surface area (Å²) in [7, 11) is 0. The number of rotatable bonds is 6. The van der Waals surface area contributed by atoms with Gasteiger partial charge in [0.2, 0.25) is 0 Å². The number of nitrogens with zero attached hydrogens (tertiary/aromatic N) is 2. The number of halogens is 1. The molecule has 5 aromatic rings. The molecule has 0 unspecified atom stereocenters. The van der Waals surface area contributed by atoms with Crippen molar-refractivity contribution in [3.63, 3.8) is 0 Å². The smallest absolute Gasteiger partial charge is 0.223 e. The molecule has 0 atom stereocenters. The molecule has 0 aliphatic heterocycles. The van der Waals surface area contributed by atoms with Gasteiger partial charge in [-0.2, -0.15) is 4.40 Å². The van der Waals surface area contributed by atoms with E-state index in [1.165, 1.54) is 28.2 Å². The van der Waals surface area contributed by atoms with E-state index in [-0.39, 0.29) is 5.82 Å². The van der Waals surface area contributed by atoms with Crippen molar-refractivity contribution >= 4 is 45.6 Å². The summed E-state index contributed by atoms with van der Waals surface area (Å²) in [6.07, 6.45) is 6.26. The second kappa shape index (κ2) is 9.50. The average molecular weight is 484 g/mol. The lowest BCUT2D eigenvalue weighted by molar-refractivity contribution is -0.490. The maximum Gasteiger partial charge on any atom is 0.287 e. The molecular formula is C29H25FN2PS+. The number of fused-ring (bicyclic) bond motifs is 1. The van der Waals surface area contributed by atoms with Gasteiger partial charge in [-0.05, 0) is 40.4 Å². The van der Waals surface area contributed by atoms with Gasteiger partial charge in [0.15, 0.2) is 5.44 Å². The molecule has 2 nitrogen and oxygen atoms in total. The topological polar surface area (TPSA) is 9.03 Å². The van der Waals surface area contributed by atoms with Crippen molar-refractivity contribution < 1.29 is 8.79 Å². The van der Waals surface area contributed by atoms with Crippen LogP contribution in [-0.2, 0) is 18.4 Å².